The second kappa shape index (κ2) is 6.10. The number of carboxylic acid groups (broad SMARTS) is 1. The van der Waals surface area contributed by atoms with Crippen LogP contribution in [0, 0.1) is 0 Å². The van der Waals surface area contributed by atoms with Crippen LogP contribution >= 0.6 is 0 Å². The second-order valence-corrected chi connectivity index (χ2v) is 3.98. The van der Waals surface area contributed by atoms with Gasteiger partial charge in [0.2, 0.25) is 5.89 Å². The number of nitrogens with one attached hydrogen (secondary N) is 1. The standard InChI is InChI=1S/C13H15N3O3/c1-2-9-6-16-12(19-9)8-14-7-11-10(13(17)18)4-3-5-15-11/h3-6,14H,2,7-8H2,1H3,(H,17,18). The van der Waals surface area contributed by atoms with Crippen LogP contribution in [0.3, 0.4) is 0 Å². The molecule has 100 valence electrons. The number of aryl methyl sites for hydroxylation is 1. The molecule has 2 aromatic rings. The topological polar surface area (TPSA) is 88.2 Å². The van der Waals surface area contributed by atoms with Gasteiger partial charge in [0, 0.05) is 19.2 Å². The lowest BCUT2D eigenvalue weighted by Gasteiger charge is -2.05. The van der Waals surface area contributed by atoms with Crippen molar-refractivity contribution in [3.8, 4) is 0 Å². The Labute approximate surface area is 110 Å². The van der Waals surface area contributed by atoms with Crippen LogP contribution in [0.4, 0.5) is 0 Å². The van der Waals surface area contributed by atoms with E-state index in [1.54, 1.807) is 18.5 Å². The molecule has 0 atom stereocenters. The number of aromatic nitrogens is 2. The highest BCUT2D eigenvalue weighted by Gasteiger charge is 2.10. The molecule has 2 rings (SSSR count). The maximum Gasteiger partial charge on any atom is 0.337 e. The van der Waals surface area contributed by atoms with Gasteiger partial charge in [-0.1, -0.05) is 6.92 Å². The van der Waals surface area contributed by atoms with Gasteiger partial charge in [-0.3, -0.25) is 4.98 Å². The van der Waals surface area contributed by atoms with Crippen molar-refractivity contribution < 1.29 is 14.3 Å². The Kier molecular flexibility index (Phi) is 4.25. The number of nitrogens with zero attached hydrogens (tertiary/aromatic N) is 2. The van der Waals surface area contributed by atoms with E-state index in [1.807, 2.05) is 6.92 Å². The normalized spacial score (nSPS) is 10.6. The Morgan fingerprint density at radius 1 is 1.42 bits per heavy atom. The number of aromatic carboxylic acids is 1. The summed E-state index contributed by atoms with van der Waals surface area (Å²) in [5.41, 5.74) is 0.703. The van der Waals surface area contributed by atoms with Gasteiger partial charge in [0.05, 0.1) is 24.0 Å². The van der Waals surface area contributed by atoms with E-state index in [-0.39, 0.29) is 5.56 Å². The summed E-state index contributed by atoms with van der Waals surface area (Å²) in [6.45, 7) is 2.78. The zero-order chi connectivity index (χ0) is 13.7. The minimum Gasteiger partial charge on any atom is -0.478 e. The van der Waals surface area contributed by atoms with Crippen LogP contribution in [0.25, 0.3) is 0 Å². The van der Waals surface area contributed by atoms with E-state index in [0.29, 0.717) is 24.7 Å². The fourth-order valence-electron chi connectivity index (χ4n) is 1.65. The molecule has 0 aliphatic heterocycles. The molecule has 0 bridgehead atoms. The molecule has 2 aromatic heterocycles. The summed E-state index contributed by atoms with van der Waals surface area (Å²) in [4.78, 5) is 19.2. The largest absolute Gasteiger partial charge is 0.478 e. The third-order valence-corrected chi connectivity index (χ3v) is 2.64. The van der Waals surface area contributed by atoms with Gasteiger partial charge in [0.1, 0.15) is 5.76 Å². The average molecular weight is 261 g/mol. The molecule has 0 aliphatic rings. The first-order chi connectivity index (χ1) is 9.20. The number of rotatable bonds is 6. The summed E-state index contributed by atoms with van der Waals surface area (Å²) < 4.78 is 5.44. The predicted octanol–water partition coefficient (Wildman–Crippen LogP) is 1.62. The fraction of sp³-hybridized carbons (Fsp3) is 0.308. The van der Waals surface area contributed by atoms with Gasteiger partial charge in [-0.25, -0.2) is 9.78 Å². The molecule has 0 fully saturated rings. The maximum atomic E-state index is 11.0. The SMILES string of the molecule is CCc1cnc(CNCc2ncccc2C(=O)O)o1. The van der Waals surface area contributed by atoms with E-state index in [9.17, 15) is 4.79 Å². The van der Waals surface area contributed by atoms with Crippen LogP contribution in [0.2, 0.25) is 0 Å². The van der Waals surface area contributed by atoms with Crippen LogP contribution < -0.4 is 5.32 Å². The minimum absolute atomic E-state index is 0.205. The molecule has 19 heavy (non-hydrogen) atoms. The lowest BCUT2D eigenvalue weighted by Crippen LogP contribution is -2.16. The highest BCUT2D eigenvalue weighted by Crippen LogP contribution is 2.07. The second-order valence-electron chi connectivity index (χ2n) is 3.98. The van der Waals surface area contributed by atoms with Gasteiger partial charge >= 0.3 is 5.97 Å². The summed E-state index contributed by atoms with van der Waals surface area (Å²) in [7, 11) is 0. The molecule has 2 N–H and O–H groups in total. The first kappa shape index (κ1) is 13.2. The average Bonchev–Trinajstić information content (AvgIpc) is 2.87. The van der Waals surface area contributed by atoms with Crippen molar-refractivity contribution in [2.75, 3.05) is 0 Å². The van der Waals surface area contributed by atoms with Crippen molar-refractivity contribution >= 4 is 5.97 Å². The summed E-state index contributed by atoms with van der Waals surface area (Å²) in [5, 5.41) is 12.1. The van der Waals surface area contributed by atoms with Crippen LogP contribution in [0.5, 0.6) is 0 Å². The molecule has 0 aliphatic carbocycles. The molecule has 6 nitrogen and oxygen atoms in total. The lowest BCUT2D eigenvalue weighted by molar-refractivity contribution is 0.0695. The Morgan fingerprint density at radius 3 is 2.95 bits per heavy atom. The molecular weight excluding hydrogens is 246 g/mol. The molecule has 0 amide bonds. The Hall–Kier alpha value is -2.21. The number of carboxylic acids is 1. The van der Waals surface area contributed by atoms with E-state index in [4.69, 9.17) is 9.52 Å². The van der Waals surface area contributed by atoms with Gasteiger partial charge in [-0.05, 0) is 12.1 Å². The molecule has 0 radical (unpaired) electrons. The lowest BCUT2D eigenvalue weighted by atomic mass is 10.2. The number of hydrogen-bond acceptors (Lipinski definition) is 5. The fourth-order valence-corrected chi connectivity index (χ4v) is 1.65. The Balaban J connectivity index is 1.94. The van der Waals surface area contributed by atoms with Crippen LogP contribution in [-0.4, -0.2) is 21.0 Å². The smallest absolute Gasteiger partial charge is 0.337 e. The molecule has 2 heterocycles. The highest BCUT2D eigenvalue weighted by molar-refractivity contribution is 5.88. The van der Waals surface area contributed by atoms with E-state index in [0.717, 1.165) is 12.2 Å². The quantitative estimate of drug-likeness (QED) is 0.821. The summed E-state index contributed by atoms with van der Waals surface area (Å²) in [6, 6.07) is 3.14. The van der Waals surface area contributed by atoms with E-state index in [2.05, 4.69) is 15.3 Å². The molecule has 0 unspecified atom stereocenters. The van der Waals surface area contributed by atoms with Crippen LogP contribution in [0.1, 0.15) is 34.6 Å². The summed E-state index contributed by atoms with van der Waals surface area (Å²) in [6.07, 6.45) is 4.07. The van der Waals surface area contributed by atoms with Gasteiger partial charge in [-0.2, -0.15) is 0 Å². The molecule has 6 heteroatoms. The van der Waals surface area contributed by atoms with Crippen LogP contribution in [-0.2, 0) is 19.5 Å². The van der Waals surface area contributed by atoms with Gasteiger partial charge in [0.25, 0.3) is 0 Å². The zero-order valence-corrected chi connectivity index (χ0v) is 10.6. The number of hydrogen-bond donors (Lipinski definition) is 2. The highest BCUT2D eigenvalue weighted by atomic mass is 16.4. The summed E-state index contributed by atoms with van der Waals surface area (Å²) in [5.74, 6) is 0.444. The molecule has 0 saturated heterocycles. The zero-order valence-electron chi connectivity index (χ0n) is 10.6. The number of pyridine rings is 1. The molecule has 0 saturated carbocycles. The Morgan fingerprint density at radius 2 is 2.26 bits per heavy atom. The van der Waals surface area contributed by atoms with E-state index < -0.39 is 5.97 Å². The monoisotopic (exact) mass is 261 g/mol. The van der Waals surface area contributed by atoms with Crippen LogP contribution in [0.15, 0.2) is 28.9 Å². The first-order valence-electron chi connectivity index (χ1n) is 6.02. The van der Waals surface area contributed by atoms with Gasteiger partial charge in [0.15, 0.2) is 0 Å². The van der Waals surface area contributed by atoms with Crippen molar-refractivity contribution in [1.29, 1.82) is 0 Å². The molecule has 0 aromatic carbocycles. The number of carbonyl (C=O) groups is 1. The third kappa shape index (κ3) is 3.38. The maximum absolute atomic E-state index is 11.0. The Bertz CT molecular complexity index is 566. The predicted molar refractivity (Wildman–Crippen MR) is 67.6 cm³/mol. The number of oxazole rings is 1. The summed E-state index contributed by atoms with van der Waals surface area (Å²) >= 11 is 0. The first-order valence-corrected chi connectivity index (χ1v) is 6.02. The van der Waals surface area contributed by atoms with Gasteiger partial charge < -0.3 is 14.8 Å². The van der Waals surface area contributed by atoms with E-state index in [1.165, 1.54) is 6.07 Å². The van der Waals surface area contributed by atoms with Crippen molar-refractivity contribution in [3.05, 3.63) is 47.4 Å². The third-order valence-electron chi connectivity index (χ3n) is 2.64. The van der Waals surface area contributed by atoms with Crippen molar-refractivity contribution in [3.63, 3.8) is 0 Å². The van der Waals surface area contributed by atoms with Crippen molar-refractivity contribution in [2.45, 2.75) is 26.4 Å². The minimum atomic E-state index is -0.978. The molecular formula is C13H15N3O3. The van der Waals surface area contributed by atoms with Gasteiger partial charge in [-0.15, -0.1) is 0 Å². The van der Waals surface area contributed by atoms with Crippen molar-refractivity contribution in [2.24, 2.45) is 0 Å². The molecule has 0 spiro atoms. The van der Waals surface area contributed by atoms with E-state index >= 15 is 0 Å². The van der Waals surface area contributed by atoms with Crippen molar-refractivity contribution in [1.82, 2.24) is 15.3 Å².